The summed E-state index contributed by atoms with van der Waals surface area (Å²) in [7, 11) is -5.72. The van der Waals surface area contributed by atoms with E-state index in [1.807, 2.05) is 0 Å². The molecule has 1 atom stereocenters. The molecule has 0 spiro atoms. The molecule has 0 aliphatic rings. The van der Waals surface area contributed by atoms with E-state index in [9.17, 15) is 26.4 Å². The van der Waals surface area contributed by atoms with Crippen LogP contribution >= 0.6 is 0 Å². The molecule has 0 bridgehead atoms. The van der Waals surface area contributed by atoms with Crippen LogP contribution in [0.25, 0.3) is 0 Å². The van der Waals surface area contributed by atoms with Crippen LogP contribution in [0.15, 0.2) is 24.3 Å². The summed E-state index contributed by atoms with van der Waals surface area (Å²) in [6.45, 7) is 3.45. The van der Waals surface area contributed by atoms with Crippen LogP contribution in [0, 0.1) is 11.8 Å². The van der Waals surface area contributed by atoms with Crippen LogP contribution in [0.1, 0.15) is 31.7 Å². The third-order valence-corrected chi connectivity index (χ3v) is 3.75. The Morgan fingerprint density at radius 1 is 1.25 bits per heavy atom. The second-order valence-electron chi connectivity index (χ2n) is 4.51. The van der Waals surface area contributed by atoms with Gasteiger partial charge in [0.2, 0.25) is 0 Å². The second kappa shape index (κ2) is 8.06. The lowest BCUT2D eigenvalue weighted by molar-refractivity contribution is -0.143. The molecule has 0 fully saturated rings. The molecule has 0 aliphatic heterocycles. The lowest BCUT2D eigenvalue weighted by Crippen LogP contribution is -2.28. The SMILES string of the molecule is CC#C[C@@H](CC(=O)OCC)c1ccc(OS(=O)(=O)C(F)(F)F)cc1. The first-order valence-corrected chi connectivity index (χ1v) is 8.20. The highest BCUT2D eigenvalue weighted by Gasteiger charge is 2.48. The summed E-state index contributed by atoms with van der Waals surface area (Å²) in [5, 5.41) is 0. The van der Waals surface area contributed by atoms with Gasteiger partial charge in [-0.2, -0.15) is 21.6 Å². The number of benzene rings is 1. The molecule has 0 saturated carbocycles. The van der Waals surface area contributed by atoms with Crippen molar-refractivity contribution in [2.75, 3.05) is 6.61 Å². The largest absolute Gasteiger partial charge is 0.534 e. The number of carbonyl (C=O) groups excluding carboxylic acids is 1. The van der Waals surface area contributed by atoms with Gasteiger partial charge in [0.25, 0.3) is 0 Å². The molecule has 0 unspecified atom stereocenters. The third-order valence-electron chi connectivity index (χ3n) is 2.77. The Kier molecular flexibility index (Phi) is 6.66. The molecule has 0 amide bonds. The molecule has 0 aliphatic carbocycles. The highest BCUT2D eigenvalue weighted by atomic mass is 32.2. The Labute approximate surface area is 137 Å². The molecule has 24 heavy (non-hydrogen) atoms. The number of ether oxygens (including phenoxy) is 1. The minimum Gasteiger partial charge on any atom is -0.466 e. The van der Waals surface area contributed by atoms with Gasteiger partial charge in [0.05, 0.1) is 18.9 Å². The summed E-state index contributed by atoms with van der Waals surface area (Å²) in [5.41, 5.74) is -4.99. The molecule has 132 valence electrons. The molecule has 1 rings (SSSR count). The van der Waals surface area contributed by atoms with Crippen LogP contribution in [0.2, 0.25) is 0 Å². The highest BCUT2D eigenvalue weighted by molar-refractivity contribution is 7.88. The van der Waals surface area contributed by atoms with E-state index in [1.165, 1.54) is 12.1 Å². The zero-order valence-electron chi connectivity index (χ0n) is 12.9. The fourth-order valence-electron chi connectivity index (χ4n) is 1.74. The van der Waals surface area contributed by atoms with Crippen LogP contribution in [0.4, 0.5) is 13.2 Å². The maximum Gasteiger partial charge on any atom is 0.534 e. The standard InChI is InChI=1S/C15H15F3O5S/c1-3-5-12(10-14(19)22-4-2)11-6-8-13(9-7-11)23-24(20,21)15(16,17)18/h6-9,12H,4,10H2,1-2H3/t12-/m0/s1. The van der Waals surface area contributed by atoms with E-state index in [2.05, 4.69) is 16.0 Å². The monoisotopic (exact) mass is 364 g/mol. The Morgan fingerprint density at radius 2 is 1.83 bits per heavy atom. The van der Waals surface area contributed by atoms with Crippen molar-refractivity contribution in [1.29, 1.82) is 0 Å². The van der Waals surface area contributed by atoms with E-state index in [4.69, 9.17) is 4.74 Å². The van der Waals surface area contributed by atoms with E-state index in [-0.39, 0.29) is 13.0 Å². The fourth-order valence-corrected chi connectivity index (χ4v) is 2.20. The van der Waals surface area contributed by atoms with Crippen molar-refractivity contribution in [3.63, 3.8) is 0 Å². The van der Waals surface area contributed by atoms with Gasteiger partial charge in [-0.05, 0) is 31.5 Å². The topological polar surface area (TPSA) is 69.7 Å². The number of alkyl halides is 3. The first kappa shape index (κ1) is 19.8. The molecule has 0 radical (unpaired) electrons. The number of hydrogen-bond donors (Lipinski definition) is 0. The zero-order valence-corrected chi connectivity index (χ0v) is 13.7. The molecule has 9 heteroatoms. The van der Waals surface area contributed by atoms with Crippen molar-refractivity contribution in [3.05, 3.63) is 29.8 Å². The average molecular weight is 364 g/mol. The van der Waals surface area contributed by atoms with Crippen molar-refractivity contribution in [3.8, 4) is 17.6 Å². The molecule has 0 N–H and O–H groups in total. The quantitative estimate of drug-likeness (QED) is 0.336. The molecule has 1 aromatic carbocycles. The number of halogens is 3. The molecule has 5 nitrogen and oxygen atoms in total. The molecule has 0 heterocycles. The van der Waals surface area contributed by atoms with E-state index >= 15 is 0 Å². The Morgan fingerprint density at radius 3 is 2.29 bits per heavy atom. The van der Waals surface area contributed by atoms with Gasteiger partial charge in [-0.1, -0.05) is 18.1 Å². The van der Waals surface area contributed by atoms with E-state index in [0.29, 0.717) is 5.56 Å². The van der Waals surface area contributed by atoms with Gasteiger partial charge in [0.1, 0.15) is 5.75 Å². The molecule has 0 saturated heterocycles. The number of carbonyl (C=O) groups is 1. The first-order valence-electron chi connectivity index (χ1n) is 6.79. The molecular formula is C15H15F3O5S. The smallest absolute Gasteiger partial charge is 0.466 e. The van der Waals surface area contributed by atoms with Crippen molar-refractivity contribution >= 4 is 16.1 Å². The van der Waals surface area contributed by atoms with Gasteiger partial charge in [-0.3, -0.25) is 4.79 Å². The van der Waals surface area contributed by atoms with E-state index in [0.717, 1.165) is 12.1 Å². The predicted molar refractivity (Wildman–Crippen MR) is 79.5 cm³/mol. The van der Waals surface area contributed by atoms with Gasteiger partial charge in [0, 0.05) is 0 Å². The van der Waals surface area contributed by atoms with Gasteiger partial charge < -0.3 is 8.92 Å². The van der Waals surface area contributed by atoms with Crippen LogP contribution in [0.5, 0.6) is 5.75 Å². The van der Waals surface area contributed by atoms with Gasteiger partial charge in [-0.25, -0.2) is 0 Å². The zero-order chi connectivity index (χ0) is 18.4. The summed E-state index contributed by atoms with van der Waals surface area (Å²) in [5.74, 6) is 3.96. The van der Waals surface area contributed by atoms with E-state index < -0.39 is 33.3 Å². The molecule has 0 aromatic heterocycles. The van der Waals surface area contributed by atoms with Crippen LogP contribution in [-0.4, -0.2) is 26.5 Å². The normalized spacial score (nSPS) is 12.7. The van der Waals surface area contributed by atoms with E-state index in [1.54, 1.807) is 13.8 Å². The van der Waals surface area contributed by atoms with Gasteiger partial charge in [0.15, 0.2) is 0 Å². The number of hydrogen-bond acceptors (Lipinski definition) is 5. The summed E-state index contributed by atoms with van der Waals surface area (Å²) in [6.07, 6.45) is -0.0320. The van der Waals surface area contributed by atoms with Crippen molar-refractivity contribution < 1.29 is 35.3 Å². The van der Waals surface area contributed by atoms with Gasteiger partial charge >= 0.3 is 21.6 Å². The summed E-state index contributed by atoms with van der Waals surface area (Å²) in [4.78, 5) is 11.5. The highest BCUT2D eigenvalue weighted by Crippen LogP contribution is 2.28. The van der Waals surface area contributed by atoms with Crippen LogP contribution < -0.4 is 4.18 Å². The third kappa shape index (κ3) is 5.45. The summed E-state index contributed by atoms with van der Waals surface area (Å²) < 4.78 is 67.5. The lowest BCUT2D eigenvalue weighted by Gasteiger charge is -2.12. The van der Waals surface area contributed by atoms with Crippen LogP contribution in [0.3, 0.4) is 0 Å². The first-order chi connectivity index (χ1) is 11.1. The average Bonchev–Trinajstić information content (AvgIpc) is 2.46. The summed E-state index contributed by atoms with van der Waals surface area (Å²) >= 11 is 0. The maximum absolute atomic E-state index is 12.3. The van der Waals surface area contributed by atoms with Crippen molar-refractivity contribution in [2.45, 2.75) is 31.7 Å². The Balaban J connectivity index is 2.95. The van der Waals surface area contributed by atoms with Crippen molar-refractivity contribution in [1.82, 2.24) is 0 Å². The van der Waals surface area contributed by atoms with Crippen molar-refractivity contribution in [2.24, 2.45) is 0 Å². The Hall–Kier alpha value is -2.21. The fraction of sp³-hybridized carbons (Fsp3) is 0.400. The minimum atomic E-state index is -5.72. The van der Waals surface area contributed by atoms with Crippen LogP contribution in [-0.2, 0) is 19.6 Å². The number of esters is 1. The minimum absolute atomic E-state index is 0.0320. The number of rotatable bonds is 6. The van der Waals surface area contributed by atoms with Gasteiger partial charge in [-0.15, -0.1) is 5.92 Å². The molecular weight excluding hydrogens is 349 g/mol. The summed E-state index contributed by atoms with van der Waals surface area (Å²) in [6, 6.07) is 4.81. The maximum atomic E-state index is 12.3. The molecule has 1 aromatic rings. The lowest BCUT2D eigenvalue weighted by atomic mass is 9.96. The Bertz CT molecular complexity index is 727. The second-order valence-corrected chi connectivity index (χ2v) is 6.05. The predicted octanol–water partition coefficient (Wildman–Crippen LogP) is 2.98.